The highest BCUT2D eigenvalue weighted by Gasteiger charge is 2.33. The van der Waals surface area contributed by atoms with Crippen molar-refractivity contribution in [2.75, 3.05) is 17.9 Å². The molecule has 0 aliphatic heterocycles. The van der Waals surface area contributed by atoms with E-state index in [-0.39, 0.29) is 33.1 Å². The van der Waals surface area contributed by atoms with Crippen molar-refractivity contribution < 1.29 is 18.0 Å². The molecule has 10 heteroatoms. The molecule has 1 N–H and O–H groups in total. The Bertz CT molecular complexity index is 1380. The minimum Gasteiger partial charge on any atom is -0.357 e. The molecule has 37 heavy (non-hydrogen) atoms. The number of carbonyl (C=O) groups excluding carboxylic acids is 2. The third-order valence-electron chi connectivity index (χ3n) is 5.95. The molecule has 196 valence electrons. The van der Waals surface area contributed by atoms with Gasteiger partial charge < -0.3 is 10.2 Å². The molecule has 3 aromatic carbocycles. The van der Waals surface area contributed by atoms with Gasteiger partial charge in [0.25, 0.3) is 10.0 Å². The van der Waals surface area contributed by atoms with Crippen LogP contribution in [0.2, 0.25) is 10.0 Å². The fraction of sp³-hybridized carbons (Fsp3) is 0.259. The fourth-order valence-electron chi connectivity index (χ4n) is 3.71. The number of amides is 2. The number of nitrogens with one attached hydrogen (secondary N) is 1. The number of hydrogen-bond donors (Lipinski definition) is 1. The molecule has 1 atom stereocenters. The van der Waals surface area contributed by atoms with Crippen molar-refractivity contribution in [3.63, 3.8) is 0 Å². The Morgan fingerprint density at radius 1 is 0.919 bits per heavy atom. The number of hydrogen-bond acceptors (Lipinski definition) is 4. The molecule has 7 nitrogen and oxygen atoms in total. The molecule has 0 bridgehead atoms. The Morgan fingerprint density at radius 2 is 1.49 bits per heavy atom. The van der Waals surface area contributed by atoms with Gasteiger partial charge in [-0.1, -0.05) is 70.7 Å². The largest absolute Gasteiger partial charge is 0.357 e. The molecule has 0 aromatic heterocycles. The molecule has 0 saturated carbocycles. The van der Waals surface area contributed by atoms with Crippen LogP contribution in [-0.4, -0.2) is 44.8 Å². The van der Waals surface area contributed by atoms with Crippen molar-refractivity contribution in [2.24, 2.45) is 0 Å². The van der Waals surface area contributed by atoms with Crippen LogP contribution in [0, 0.1) is 13.8 Å². The van der Waals surface area contributed by atoms with Crippen LogP contribution in [-0.2, 0) is 26.2 Å². The van der Waals surface area contributed by atoms with E-state index in [0.29, 0.717) is 0 Å². The van der Waals surface area contributed by atoms with Crippen molar-refractivity contribution in [3.8, 4) is 0 Å². The SMILES string of the molecule is CNC(=O)[C@H](C)N(Cc1ccc(C)cc1)C(=O)CN(c1cc(Cl)ccc1Cl)S(=O)(=O)c1ccc(C)cc1. The first-order chi connectivity index (χ1) is 17.4. The number of aryl methyl sites for hydroxylation is 2. The summed E-state index contributed by atoms with van der Waals surface area (Å²) in [5.74, 6) is -0.961. The van der Waals surface area contributed by atoms with E-state index >= 15 is 0 Å². The van der Waals surface area contributed by atoms with Crippen LogP contribution in [0.25, 0.3) is 0 Å². The highest BCUT2D eigenvalue weighted by Crippen LogP contribution is 2.33. The first kappa shape index (κ1) is 28.5. The second-order valence-electron chi connectivity index (χ2n) is 8.72. The summed E-state index contributed by atoms with van der Waals surface area (Å²) >= 11 is 12.6. The average molecular weight is 563 g/mol. The van der Waals surface area contributed by atoms with Crippen LogP contribution < -0.4 is 9.62 Å². The minimum absolute atomic E-state index is 0.00798. The van der Waals surface area contributed by atoms with Gasteiger partial charge in [-0.2, -0.15) is 0 Å². The zero-order valence-corrected chi connectivity index (χ0v) is 23.4. The molecule has 0 aliphatic rings. The quantitative estimate of drug-likeness (QED) is 0.399. The first-order valence-electron chi connectivity index (χ1n) is 11.5. The molecule has 3 rings (SSSR count). The molecule has 0 heterocycles. The van der Waals surface area contributed by atoms with Gasteiger partial charge in [0.05, 0.1) is 15.6 Å². The first-order valence-corrected chi connectivity index (χ1v) is 13.7. The van der Waals surface area contributed by atoms with Crippen LogP contribution >= 0.6 is 23.2 Å². The molecule has 0 aliphatic carbocycles. The smallest absolute Gasteiger partial charge is 0.264 e. The van der Waals surface area contributed by atoms with Gasteiger partial charge in [0.15, 0.2) is 0 Å². The predicted molar refractivity (Wildman–Crippen MR) is 147 cm³/mol. The van der Waals surface area contributed by atoms with Gasteiger partial charge in [0.2, 0.25) is 11.8 Å². The molecule has 3 aromatic rings. The minimum atomic E-state index is -4.23. The van der Waals surface area contributed by atoms with Gasteiger partial charge >= 0.3 is 0 Å². The summed E-state index contributed by atoms with van der Waals surface area (Å²) in [7, 11) is -2.75. The number of benzene rings is 3. The number of nitrogens with zero attached hydrogens (tertiary/aromatic N) is 2. The molecule has 2 amide bonds. The average Bonchev–Trinajstić information content (AvgIpc) is 2.87. The van der Waals surface area contributed by atoms with Crippen molar-refractivity contribution in [1.82, 2.24) is 10.2 Å². The van der Waals surface area contributed by atoms with E-state index in [1.807, 2.05) is 38.1 Å². The molecule has 0 unspecified atom stereocenters. The highest BCUT2D eigenvalue weighted by molar-refractivity contribution is 7.92. The van der Waals surface area contributed by atoms with Crippen LogP contribution in [0.1, 0.15) is 23.6 Å². The predicted octanol–water partition coefficient (Wildman–Crippen LogP) is 4.97. The summed E-state index contributed by atoms with van der Waals surface area (Å²) in [5, 5.41) is 2.92. The number of halogens is 2. The zero-order chi connectivity index (χ0) is 27.3. The number of likely N-dealkylation sites (N-methyl/N-ethyl adjacent to an activating group) is 1. The molecule has 0 radical (unpaired) electrons. The summed E-state index contributed by atoms with van der Waals surface area (Å²) in [4.78, 5) is 27.6. The van der Waals surface area contributed by atoms with E-state index in [0.717, 1.165) is 21.0 Å². The Hall–Kier alpha value is -3.07. The maximum Gasteiger partial charge on any atom is 0.264 e. The van der Waals surface area contributed by atoms with Crippen LogP contribution in [0.15, 0.2) is 71.6 Å². The molecule has 0 spiro atoms. The van der Waals surface area contributed by atoms with E-state index in [1.165, 1.54) is 42.3 Å². The second kappa shape index (κ2) is 12.0. The van der Waals surface area contributed by atoms with E-state index < -0.39 is 28.5 Å². The van der Waals surface area contributed by atoms with Gasteiger partial charge in [0, 0.05) is 18.6 Å². The number of rotatable bonds is 9. The Morgan fingerprint density at radius 3 is 2.05 bits per heavy atom. The summed E-state index contributed by atoms with van der Waals surface area (Å²) in [5.41, 5.74) is 2.78. The number of sulfonamides is 1. The lowest BCUT2D eigenvalue weighted by molar-refractivity contribution is -0.139. The van der Waals surface area contributed by atoms with Gasteiger partial charge in [-0.3, -0.25) is 13.9 Å². The van der Waals surface area contributed by atoms with Gasteiger partial charge in [-0.05, 0) is 56.7 Å². The standard InChI is InChI=1S/C27H29Cl2N3O4S/c1-18-5-9-21(10-6-18)16-31(20(3)27(34)30-4)26(33)17-32(25-15-22(28)11-14-24(25)29)37(35,36)23-12-7-19(2)8-13-23/h5-15,20H,16-17H2,1-4H3,(H,30,34)/t20-/m0/s1. The highest BCUT2D eigenvalue weighted by atomic mass is 35.5. The lowest BCUT2D eigenvalue weighted by Gasteiger charge is -2.32. The topological polar surface area (TPSA) is 86.8 Å². The maximum absolute atomic E-state index is 13.8. The lowest BCUT2D eigenvalue weighted by Crippen LogP contribution is -2.50. The van der Waals surface area contributed by atoms with Crippen LogP contribution in [0.5, 0.6) is 0 Å². The number of anilines is 1. The summed E-state index contributed by atoms with van der Waals surface area (Å²) < 4.78 is 28.5. The van der Waals surface area contributed by atoms with Gasteiger partial charge in [-0.25, -0.2) is 8.42 Å². The van der Waals surface area contributed by atoms with E-state index in [4.69, 9.17) is 23.2 Å². The monoisotopic (exact) mass is 561 g/mol. The summed E-state index contributed by atoms with van der Waals surface area (Å²) in [6, 6.07) is 17.4. The van der Waals surface area contributed by atoms with Crippen molar-refractivity contribution in [2.45, 2.75) is 38.3 Å². The Balaban J connectivity index is 2.07. The third kappa shape index (κ3) is 6.83. The van der Waals surface area contributed by atoms with E-state index in [9.17, 15) is 18.0 Å². The van der Waals surface area contributed by atoms with Crippen LogP contribution in [0.3, 0.4) is 0 Å². The van der Waals surface area contributed by atoms with Crippen molar-refractivity contribution in [3.05, 3.63) is 93.5 Å². The van der Waals surface area contributed by atoms with Gasteiger partial charge in [-0.15, -0.1) is 0 Å². The van der Waals surface area contributed by atoms with Crippen LogP contribution in [0.4, 0.5) is 5.69 Å². The summed E-state index contributed by atoms with van der Waals surface area (Å²) in [6.45, 7) is 4.89. The van der Waals surface area contributed by atoms with E-state index in [1.54, 1.807) is 19.1 Å². The normalized spacial score (nSPS) is 12.1. The molecular weight excluding hydrogens is 533 g/mol. The maximum atomic E-state index is 13.8. The Kier molecular flexibility index (Phi) is 9.23. The second-order valence-corrected chi connectivity index (χ2v) is 11.4. The molecular formula is C27H29Cl2N3O4S. The van der Waals surface area contributed by atoms with Crippen molar-refractivity contribution >= 4 is 50.7 Å². The third-order valence-corrected chi connectivity index (χ3v) is 8.28. The zero-order valence-electron chi connectivity index (χ0n) is 21.0. The fourth-order valence-corrected chi connectivity index (χ4v) is 5.57. The van der Waals surface area contributed by atoms with E-state index in [2.05, 4.69) is 5.32 Å². The lowest BCUT2D eigenvalue weighted by atomic mass is 10.1. The number of carbonyl (C=O) groups is 2. The molecule has 0 saturated heterocycles. The Labute approximate surface area is 228 Å². The van der Waals surface area contributed by atoms with Crippen molar-refractivity contribution in [1.29, 1.82) is 0 Å². The summed E-state index contributed by atoms with van der Waals surface area (Å²) in [6.07, 6.45) is 0. The van der Waals surface area contributed by atoms with Gasteiger partial charge in [0.1, 0.15) is 12.6 Å². The molecule has 0 fully saturated rings.